The van der Waals surface area contributed by atoms with E-state index in [0.29, 0.717) is 24.3 Å². The van der Waals surface area contributed by atoms with Crippen molar-refractivity contribution >= 4 is 11.9 Å². The van der Waals surface area contributed by atoms with Crippen LogP contribution in [0.1, 0.15) is 56.0 Å². The predicted molar refractivity (Wildman–Crippen MR) is 108 cm³/mol. The Bertz CT molecular complexity index is 776. The van der Waals surface area contributed by atoms with E-state index in [0.717, 1.165) is 12.2 Å². The second-order valence-electron chi connectivity index (χ2n) is 7.20. The molecule has 28 heavy (non-hydrogen) atoms. The third kappa shape index (κ3) is 6.12. The van der Waals surface area contributed by atoms with E-state index >= 15 is 0 Å². The average Bonchev–Trinajstić information content (AvgIpc) is 2.71. The van der Waals surface area contributed by atoms with Gasteiger partial charge in [0.15, 0.2) is 0 Å². The molecule has 0 saturated carbocycles. The van der Waals surface area contributed by atoms with E-state index < -0.39 is 5.97 Å². The molecule has 0 aliphatic heterocycles. The van der Waals surface area contributed by atoms with Crippen molar-refractivity contribution in [2.45, 2.75) is 45.4 Å². The van der Waals surface area contributed by atoms with Gasteiger partial charge in [0.25, 0.3) is 0 Å². The van der Waals surface area contributed by atoms with Gasteiger partial charge < -0.3 is 14.2 Å². The van der Waals surface area contributed by atoms with Crippen molar-refractivity contribution in [2.75, 3.05) is 13.7 Å². The van der Waals surface area contributed by atoms with Crippen LogP contribution in [0.3, 0.4) is 0 Å². The lowest BCUT2D eigenvalue weighted by molar-refractivity contribution is -0.134. The Morgan fingerprint density at radius 3 is 2.11 bits per heavy atom. The highest BCUT2D eigenvalue weighted by atomic mass is 16.5. The third-order valence-corrected chi connectivity index (χ3v) is 4.82. The molecule has 0 N–H and O–H groups in total. The number of esters is 2. The zero-order chi connectivity index (χ0) is 20.6. The smallest absolute Gasteiger partial charge is 0.337 e. The lowest BCUT2D eigenvalue weighted by Crippen LogP contribution is -2.15. The molecule has 0 atom stereocenters. The van der Waals surface area contributed by atoms with Crippen molar-refractivity contribution in [3.63, 3.8) is 0 Å². The highest BCUT2D eigenvalue weighted by Crippen LogP contribution is 2.28. The van der Waals surface area contributed by atoms with Crippen LogP contribution in [0.2, 0.25) is 0 Å². The van der Waals surface area contributed by atoms with Gasteiger partial charge >= 0.3 is 11.9 Å². The van der Waals surface area contributed by atoms with Gasteiger partial charge in [-0.3, -0.25) is 4.79 Å². The SMILES string of the molecule is CCC(C)(C)c1ccc(OCCCC(=O)Oc2ccc(C(=O)OC)cc2)cc1. The van der Waals surface area contributed by atoms with Gasteiger partial charge in [0.2, 0.25) is 0 Å². The predicted octanol–water partition coefficient (Wildman–Crippen LogP) is 4.93. The monoisotopic (exact) mass is 384 g/mol. The van der Waals surface area contributed by atoms with Crippen molar-refractivity contribution in [1.82, 2.24) is 0 Å². The van der Waals surface area contributed by atoms with Crippen LogP contribution < -0.4 is 9.47 Å². The Morgan fingerprint density at radius 2 is 1.54 bits per heavy atom. The minimum atomic E-state index is -0.429. The van der Waals surface area contributed by atoms with Crippen LogP contribution in [0.25, 0.3) is 0 Å². The molecular weight excluding hydrogens is 356 g/mol. The van der Waals surface area contributed by atoms with Gasteiger partial charge in [-0.05, 0) is 60.2 Å². The largest absolute Gasteiger partial charge is 0.494 e. The molecule has 0 aliphatic rings. The summed E-state index contributed by atoms with van der Waals surface area (Å²) in [6.45, 7) is 7.05. The molecule has 0 aromatic heterocycles. The number of methoxy groups -OCH3 is 1. The van der Waals surface area contributed by atoms with Gasteiger partial charge in [-0.25, -0.2) is 4.79 Å². The molecule has 0 amide bonds. The normalized spacial score (nSPS) is 11.0. The Hall–Kier alpha value is -2.82. The summed E-state index contributed by atoms with van der Waals surface area (Å²) in [6, 6.07) is 14.4. The van der Waals surface area contributed by atoms with Crippen LogP contribution in [0, 0.1) is 0 Å². The molecular formula is C23H28O5. The van der Waals surface area contributed by atoms with Crippen molar-refractivity contribution in [3.8, 4) is 11.5 Å². The van der Waals surface area contributed by atoms with E-state index in [4.69, 9.17) is 9.47 Å². The van der Waals surface area contributed by atoms with Crippen LogP contribution in [-0.2, 0) is 14.9 Å². The molecule has 0 unspecified atom stereocenters. The summed E-state index contributed by atoms with van der Waals surface area (Å²) in [7, 11) is 1.32. The minimum Gasteiger partial charge on any atom is -0.494 e. The number of benzene rings is 2. The van der Waals surface area contributed by atoms with E-state index in [1.165, 1.54) is 12.7 Å². The zero-order valence-corrected chi connectivity index (χ0v) is 17.0. The fraction of sp³-hybridized carbons (Fsp3) is 0.391. The van der Waals surface area contributed by atoms with Crippen LogP contribution >= 0.6 is 0 Å². The molecule has 0 spiro atoms. The van der Waals surface area contributed by atoms with Crippen LogP contribution in [0.5, 0.6) is 11.5 Å². The molecule has 150 valence electrons. The first-order valence-electron chi connectivity index (χ1n) is 9.48. The molecule has 2 rings (SSSR count). The molecule has 0 bridgehead atoms. The van der Waals surface area contributed by atoms with E-state index in [9.17, 15) is 9.59 Å². The molecule has 5 nitrogen and oxygen atoms in total. The lowest BCUT2D eigenvalue weighted by Gasteiger charge is -2.23. The number of ether oxygens (including phenoxy) is 3. The molecule has 0 saturated heterocycles. The first-order valence-corrected chi connectivity index (χ1v) is 9.48. The van der Waals surface area contributed by atoms with Crippen molar-refractivity contribution < 1.29 is 23.8 Å². The highest BCUT2D eigenvalue weighted by Gasteiger charge is 2.17. The molecule has 2 aromatic rings. The fourth-order valence-electron chi connectivity index (χ4n) is 2.57. The summed E-state index contributed by atoms with van der Waals surface area (Å²) in [4.78, 5) is 23.3. The quantitative estimate of drug-likeness (QED) is 0.349. The second kappa shape index (κ2) is 9.93. The zero-order valence-electron chi connectivity index (χ0n) is 17.0. The number of hydrogen-bond donors (Lipinski definition) is 0. The molecule has 0 radical (unpaired) electrons. The molecule has 0 aliphatic carbocycles. The molecule has 2 aromatic carbocycles. The maximum absolute atomic E-state index is 11.9. The Balaban J connectivity index is 1.73. The van der Waals surface area contributed by atoms with E-state index in [-0.39, 0.29) is 17.8 Å². The van der Waals surface area contributed by atoms with Gasteiger partial charge in [0, 0.05) is 6.42 Å². The van der Waals surface area contributed by atoms with Crippen LogP contribution in [0.15, 0.2) is 48.5 Å². The summed E-state index contributed by atoms with van der Waals surface area (Å²) in [5.74, 6) is 0.422. The molecule has 5 heteroatoms. The minimum absolute atomic E-state index is 0.150. The Morgan fingerprint density at radius 1 is 0.929 bits per heavy atom. The second-order valence-corrected chi connectivity index (χ2v) is 7.20. The van der Waals surface area contributed by atoms with E-state index in [1.54, 1.807) is 24.3 Å². The summed E-state index contributed by atoms with van der Waals surface area (Å²) in [5, 5.41) is 0. The Labute approximate surface area is 166 Å². The first-order chi connectivity index (χ1) is 13.4. The van der Waals surface area contributed by atoms with E-state index in [1.807, 2.05) is 12.1 Å². The maximum Gasteiger partial charge on any atom is 0.337 e. The van der Waals surface area contributed by atoms with Crippen LogP contribution in [0.4, 0.5) is 0 Å². The Kier molecular flexibility index (Phi) is 7.61. The van der Waals surface area contributed by atoms with Gasteiger partial charge in [-0.15, -0.1) is 0 Å². The van der Waals surface area contributed by atoms with E-state index in [2.05, 4.69) is 37.6 Å². The fourth-order valence-corrected chi connectivity index (χ4v) is 2.57. The van der Waals surface area contributed by atoms with Crippen molar-refractivity contribution in [3.05, 3.63) is 59.7 Å². The van der Waals surface area contributed by atoms with Crippen molar-refractivity contribution in [1.29, 1.82) is 0 Å². The van der Waals surface area contributed by atoms with Gasteiger partial charge in [0.1, 0.15) is 11.5 Å². The number of carbonyl (C=O) groups is 2. The van der Waals surface area contributed by atoms with Gasteiger partial charge in [0.05, 0.1) is 19.3 Å². The maximum atomic E-state index is 11.9. The highest BCUT2D eigenvalue weighted by molar-refractivity contribution is 5.89. The first kappa shape index (κ1) is 21.5. The third-order valence-electron chi connectivity index (χ3n) is 4.82. The average molecular weight is 384 g/mol. The lowest BCUT2D eigenvalue weighted by atomic mass is 9.82. The topological polar surface area (TPSA) is 61.8 Å². The van der Waals surface area contributed by atoms with Crippen LogP contribution in [-0.4, -0.2) is 25.7 Å². The standard InChI is InChI=1S/C23H28O5/c1-5-23(2,3)18-10-14-19(15-11-18)27-16-6-7-21(24)28-20-12-8-17(9-13-20)22(25)26-4/h8-15H,5-7,16H2,1-4H3. The molecule has 0 heterocycles. The number of rotatable bonds is 9. The number of carbonyl (C=O) groups excluding carboxylic acids is 2. The van der Waals surface area contributed by atoms with Gasteiger partial charge in [-0.2, -0.15) is 0 Å². The summed E-state index contributed by atoms with van der Waals surface area (Å²) in [6.07, 6.45) is 1.88. The van der Waals surface area contributed by atoms with Gasteiger partial charge in [-0.1, -0.05) is 32.9 Å². The number of hydrogen-bond acceptors (Lipinski definition) is 5. The summed E-state index contributed by atoms with van der Waals surface area (Å²) < 4.78 is 15.6. The van der Waals surface area contributed by atoms with Crippen molar-refractivity contribution in [2.24, 2.45) is 0 Å². The molecule has 0 fully saturated rings. The summed E-state index contributed by atoms with van der Waals surface area (Å²) in [5.41, 5.74) is 1.84. The summed E-state index contributed by atoms with van der Waals surface area (Å²) >= 11 is 0.